The van der Waals surface area contributed by atoms with Crippen LogP contribution in [0.3, 0.4) is 0 Å². The van der Waals surface area contributed by atoms with Crippen LogP contribution in [-0.4, -0.2) is 24.9 Å². The highest BCUT2D eigenvalue weighted by Crippen LogP contribution is 2.37. The van der Waals surface area contributed by atoms with Crippen molar-refractivity contribution in [2.24, 2.45) is 0 Å². The van der Waals surface area contributed by atoms with Crippen LogP contribution in [0.5, 0.6) is 23.4 Å². The number of benzene rings is 1. The van der Waals surface area contributed by atoms with Crippen LogP contribution in [0.25, 0.3) is 22.1 Å². The number of nitrogens with one attached hydrogen (secondary N) is 1. The van der Waals surface area contributed by atoms with E-state index in [0.29, 0.717) is 38.7 Å². The second-order valence-corrected chi connectivity index (χ2v) is 7.41. The van der Waals surface area contributed by atoms with Gasteiger partial charge < -0.3 is 19.7 Å². The number of nitrogens with zero attached hydrogens (tertiary/aromatic N) is 5. The number of H-pyrrole nitrogens is 1. The molecule has 154 valence electrons. The second-order valence-electron chi connectivity index (χ2n) is 6.62. The molecule has 5 aromatic rings. The topological polar surface area (TPSA) is 113 Å². The van der Waals surface area contributed by atoms with Crippen molar-refractivity contribution in [3.63, 3.8) is 0 Å². The number of hydrogen-bond donors (Lipinski definition) is 1. The summed E-state index contributed by atoms with van der Waals surface area (Å²) in [7, 11) is 0. The van der Waals surface area contributed by atoms with E-state index >= 15 is 0 Å². The fraction of sp³-hybridized carbons (Fsp3) is 0.0952. The fourth-order valence-electron chi connectivity index (χ4n) is 3.14. The zero-order chi connectivity index (χ0) is 21.4. The lowest BCUT2D eigenvalue weighted by Crippen LogP contribution is -2.23. The first-order chi connectivity index (χ1) is 15.1. The summed E-state index contributed by atoms with van der Waals surface area (Å²) < 4.78 is 13.3. The van der Waals surface area contributed by atoms with Crippen LogP contribution in [-0.2, 0) is 6.42 Å². The number of aryl methyl sites for hydroxylation is 1. The Hall–Kier alpha value is -3.79. The second kappa shape index (κ2) is 7.80. The Morgan fingerprint density at radius 1 is 1.06 bits per heavy atom. The first-order valence-corrected chi connectivity index (χ1v) is 10.2. The van der Waals surface area contributed by atoms with Gasteiger partial charge in [0, 0.05) is 30.2 Å². The molecule has 0 radical (unpaired) electrons. The van der Waals surface area contributed by atoms with E-state index in [1.807, 2.05) is 13.0 Å². The van der Waals surface area contributed by atoms with Crippen molar-refractivity contribution >= 4 is 38.0 Å². The molecule has 1 aromatic carbocycles. The third-order valence-electron chi connectivity index (χ3n) is 4.58. The molecule has 0 spiro atoms. The predicted molar refractivity (Wildman–Crippen MR) is 116 cm³/mol. The number of pyridine rings is 1. The largest absolute Gasteiger partial charge is 0.619 e. The molecule has 0 saturated heterocycles. The van der Waals surface area contributed by atoms with Gasteiger partial charge in [-0.2, -0.15) is 14.7 Å². The van der Waals surface area contributed by atoms with Crippen LogP contribution in [0.2, 0.25) is 0 Å². The van der Waals surface area contributed by atoms with Gasteiger partial charge in [0.25, 0.3) is 0 Å². The standard InChI is InChI=1S/C21H15BrN6O3/c1-2-14-18(22)17-19(25-14)26-21(31-13-4-3-9-28(29)11-13)27-20(17)30-12-5-6-15-16(10-12)24-8-7-23-15/h3-11H,2H2,1H3,(H,25,26,27). The molecule has 0 atom stereocenters. The minimum absolute atomic E-state index is 0.0469. The molecular formula is C21H15BrN6O3. The van der Waals surface area contributed by atoms with Crippen molar-refractivity contribution in [1.82, 2.24) is 24.9 Å². The van der Waals surface area contributed by atoms with Gasteiger partial charge in [0.05, 0.1) is 20.9 Å². The zero-order valence-electron chi connectivity index (χ0n) is 16.2. The SMILES string of the molecule is CCc1[nH]c2nc(Oc3ccc[n+]([O-])c3)nc(Oc3ccc4nccnc4c3)c2c1Br. The van der Waals surface area contributed by atoms with Gasteiger partial charge in [0.1, 0.15) is 11.4 Å². The van der Waals surface area contributed by atoms with Gasteiger partial charge in [-0.15, -0.1) is 0 Å². The average Bonchev–Trinajstić information content (AvgIpc) is 3.09. The summed E-state index contributed by atoms with van der Waals surface area (Å²) in [4.78, 5) is 20.8. The summed E-state index contributed by atoms with van der Waals surface area (Å²) in [5, 5.41) is 12.2. The first kappa shape index (κ1) is 19.2. The highest BCUT2D eigenvalue weighted by molar-refractivity contribution is 9.10. The number of aromatic amines is 1. The van der Waals surface area contributed by atoms with E-state index in [2.05, 4.69) is 40.8 Å². The van der Waals surface area contributed by atoms with E-state index in [0.717, 1.165) is 22.1 Å². The monoisotopic (exact) mass is 478 g/mol. The van der Waals surface area contributed by atoms with Gasteiger partial charge in [-0.25, -0.2) is 0 Å². The molecule has 10 heteroatoms. The molecule has 5 rings (SSSR count). The molecule has 9 nitrogen and oxygen atoms in total. The number of rotatable bonds is 5. The molecule has 0 aliphatic rings. The van der Waals surface area contributed by atoms with E-state index in [1.165, 1.54) is 12.4 Å². The van der Waals surface area contributed by atoms with Crippen LogP contribution >= 0.6 is 15.9 Å². The summed E-state index contributed by atoms with van der Waals surface area (Å²) in [5.41, 5.74) is 2.97. The lowest BCUT2D eigenvalue weighted by atomic mass is 10.3. The summed E-state index contributed by atoms with van der Waals surface area (Å²) in [6.07, 6.45) is 6.67. The first-order valence-electron chi connectivity index (χ1n) is 9.44. The maximum Gasteiger partial charge on any atom is 0.327 e. The maximum absolute atomic E-state index is 11.5. The molecule has 4 aromatic heterocycles. The zero-order valence-corrected chi connectivity index (χ0v) is 17.8. The lowest BCUT2D eigenvalue weighted by molar-refractivity contribution is -0.605. The summed E-state index contributed by atoms with van der Waals surface area (Å²) >= 11 is 3.62. The smallest absolute Gasteiger partial charge is 0.327 e. The average molecular weight is 479 g/mol. The number of fused-ring (bicyclic) bond motifs is 2. The van der Waals surface area contributed by atoms with E-state index in [4.69, 9.17) is 9.47 Å². The molecule has 0 unspecified atom stereocenters. The minimum Gasteiger partial charge on any atom is -0.619 e. The Balaban J connectivity index is 1.60. The van der Waals surface area contributed by atoms with Crippen molar-refractivity contribution in [2.45, 2.75) is 13.3 Å². The van der Waals surface area contributed by atoms with Crippen molar-refractivity contribution < 1.29 is 14.2 Å². The number of ether oxygens (including phenoxy) is 2. The van der Waals surface area contributed by atoms with Gasteiger partial charge in [-0.3, -0.25) is 9.97 Å². The quantitative estimate of drug-likeness (QED) is 0.293. The molecule has 0 amide bonds. The van der Waals surface area contributed by atoms with Crippen LogP contribution < -0.4 is 14.2 Å². The fourth-order valence-corrected chi connectivity index (χ4v) is 3.88. The lowest BCUT2D eigenvalue weighted by Gasteiger charge is -2.09. The Kier molecular flexibility index (Phi) is 4.83. The Bertz CT molecular complexity index is 1420. The van der Waals surface area contributed by atoms with Gasteiger partial charge in [0.15, 0.2) is 11.9 Å². The summed E-state index contributed by atoms with van der Waals surface area (Å²) in [5.74, 6) is 1.16. The molecule has 4 heterocycles. The molecule has 0 bridgehead atoms. The van der Waals surface area contributed by atoms with Crippen LogP contribution in [0.1, 0.15) is 12.6 Å². The van der Waals surface area contributed by atoms with Crippen LogP contribution in [0.4, 0.5) is 0 Å². The predicted octanol–water partition coefficient (Wildman–Crippen LogP) is 4.44. The van der Waals surface area contributed by atoms with E-state index in [1.54, 1.807) is 36.7 Å². The molecule has 0 aliphatic heterocycles. The van der Waals surface area contributed by atoms with Crippen molar-refractivity contribution in [3.8, 4) is 23.4 Å². The third-order valence-corrected chi connectivity index (χ3v) is 5.45. The van der Waals surface area contributed by atoms with Crippen molar-refractivity contribution in [3.05, 3.63) is 70.5 Å². The van der Waals surface area contributed by atoms with Crippen LogP contribution in [0.15, 0.2) is 59.6 Å². The normalized spacial score (nSPS) is 11.2. The number of halogens is 1. The molecule has 0 saturated carbocycles. The summed E-state index contributed by atoms with van der Waals surface area (Å²) in [6.45, 7) is 2.03. The van der Waals surface area contributed by atoms with E-state index in [9.17, 15) is 5.21 Å². The van der Waals surface area contributed by atoms with Crippen molar-refractivity contribution in [2.75, 3.05) is 0 Å². The highest BCUT2D eigenvalue weighted by Gasteiger charge is 2.19. The van der Waals surface area contributed by atoms with Gasteiger partial charge in [0.2, 0.25) is 12.1 Å². The number of aromatic nitrogens is 6. The molecular weight excluding hydrogens is 464 g/mol. The van der Waals surface area contributed by atoms with Gasteiger partial charge in [-0.05, 0) is 40.5 Å². The Labute approximate surface area is 184 Å². The van der Waals surface area contributed by atoms with E-state index < -0.39 is 0 Å². The van der Waals surface area contributed by atoms with Crippen molar-refractivity contribution in [1.29, 1.82) is 0 Å². The molecule has 0 aliphatic carbocycles. The number of hydrogen-bond acceptors (Lipinski definition) is 7. The Morgan fingerprint density at radius 3 is 2.71 bits per heavy atom. The van der Waals surface area contributed by atoms with Gasteiger partial charge >= 0.3 is 6.01 Å². The maximum atomic E-state index is 11.5. The van der Waals surface area contributed by atoms with Crippen LogP contribution in [0, 0.1) is 5.21 Å². The molecule has 0 fully saturated rings. The third kappa shape index (κ3) is 3.73. The van der Waals surface area contributed by atoms with Gasteiger partial charge in [-0.1, -0.05) is 6.92 Å². The van der Waals surface area contributed by atoms with E-state index in [-0.39, 0.29) is 6.01 Å². The molecule has 31 heavy (non-hydrogen) atoms. The minimum atomic E-state index is 0.0469. The Morgan fingerprint density at radius 2 is 1.90 bits per heavy atom. The molecule has 1 N–H and O–H groups in total. The summed E-state index contributed by atoms with van der Waals surface area (Å²) in [6, 6.07) is 8.68. The highest BCUT2D eigenvalue weighted by atomic mass is 79.9.